The van der Waals surface area contributed by atoms with Crippen LogP contribution in [0.3, 0.4) is 0 Å². The molecular weight excluding hydrogens is 264 g/mol. The van der Waals surface area contributed by atoms with Crippen molar-refractivity contribution in [3.8, 4) is 0 Å². The molecule has 1 fully saturated rings. The Kier molecular flexibility index (Phi) is 5.17. The fourth-order valence-electron chi connectivity index (χ4n) is 2.76. The first-order chi connectivity index (χ1) is 9.99. The minimum absolute atomic E-state index is 0.425. The normalized spacial score (nSPS) is 17.5. The maximum atomic E-state index is 11.6. The van der Waals surface area contributed by atoms with Gasteiger partial charge < -0.3 is 11.1 Å². The number of hydrogen-bond donors (Lipinski definition) is 2. The molecule has 5 nitrogen and oxygen atoms in total. The van der Waals surface area contributed by atoms with E-state index in [9.17, 15) is 4.79 Å². The lowest BCUT2D eigenvalue weighted by atomic mass is 10.1. The molecular formula is C16H26N4O. The van der Waals surface area contributed by atoms with E-state index in [0.29, 0.717) is 17.4 Å². The van der Waals surface area contributed by atoms with Gasteiger partial charge in [0, 0.05) is 18.3 Å². The van der Waals surface area contributed by atoms with Gasteiger partial charge in [-0.15, -0.1) is 0 Å². The number of anilines is 1. The lowest BCUT2D eigenvalue weighted by Gasteiger charge is -2.32. The maximum Gasteiger partial charge on any atom is 0.252 e. The number of nitrogens with zero attached hydrogens (tertiary/aromatic N) is 2. The molecule has 1 unspecified atom stereocenters. The summed E-state index contributed by atoms with van der Waals surface area (Å²) in [6.07, 6.45) is 3.89. The Balaban J connectivity index is 2.05. The summed E-state index contributed by atoms with van der Waals surface area (Å²) in [6.45, 7) is 9.19. The van der Waals surface area contributed by atoms with Crippen molar-refractivity contribution in [2.75, 3.05) is 25.0 Å². The van der Waals surface area contributed by atoms with Crippen molar-refractivity contribution in [3.05, 3.63) is 22.9 Å². The van der Waals surface area contributed by atoms with E-state index in [1.807, 2.05) is 19.9 Å². The van der Waals surface area contributed by atoms with Crippen molar-refractivity contribution in [1.82, 2.24) is 9.88 Å². The Bertz CT molecular complexity index is 509. The quantitative estimate of drug-likeness (QED) is 0.871. The van der Waals surface area contributed by atoms with Gasteiger partial charge >= 0.3 is 0 Å². The molecule has 1 saturated heterocycles. The van der Waals surface area contributed by atoms with E-state index in [4.69, 9.17) is 5.73 Å². The Morgan fingerprint density at radius 1 is 1.38 bits per heavy atom. The van der Waals surface area contributed by atoms with Crippen LogP contribution in [0.5, 0.6) is 0 Å². The van der Waals surface area contributed by atoms with Crippen molar-refractivity contribution < 1.29 is 4.79 Å². The zero-order valence-electron chi connectivity index (χ0n) is 13.3. The average molecular weight is 290 g/mol. The third-order valence-corrected chi connectivity index (χ3v) is 4.31. The van der Waals surface area contributed by atoms with Crippen molar-refractivity contribution in [2.45, 2.75) is 46.1 Å². The van der Waals surface area contributed by atoms with E-state index in [2.05, 4.69) is 22.1 Å². The summed E-state index contributed by atoms with van der Waals surface area (Å²) >= 11 is 0. The molecule has 21 heavy (non-hydrogen) atoms. The van der Waals surface area contributed by atoms with E-state index in [1.54, 1.807) is 0 Å². The second kappa shape index (κ2) is 6.89. The molecule has 2 heterocycles. The molecule has 116 valence electrons. The van der Waals surface area contributed by atoms with Crippen LogP contribution in [0.1, 0.15) is 47.8 Å². The molecule has 0 aromatic carbocycles. The highest BCUT2D eigenvalue weighted by atomic mass is 16.1. The number of piperidine rings is 1. The van der Waals surface area contributed by atoms with Gasteiger partial charge in [0.15, 0.2) is 0 Å². The van der Waals surface area contributed by atoms with Crippen LogP contribution < -0.4 is 11.1 Å². The zero-order valence-corrected chi connectivity index (χ0v) is 13.3. The molecule has 1 amide bonds. The highest BCUT2D eigenvalue weighted by molar-refractivity contribution is 5.97. The molecule has 5 heteroatoms. The highest BCUT2D eigenvalue weighted by Gasteiger charge is 2.18. The van der Waals surface area contributed by atoms with Crippen LogP contribution >= 0.6 is 0 Å². The SMILES string of the molecule is Cc1cc(C(N)=O)c(NCC(C)N2CCCCC2)nc1C. The smallest absolute Gasteiger partial charge is 0.252 e. The number of pyridine rings is 1. The fraction of sp³-hybridized carbons (Fsp3) is 0.625. The minimum atomic E-state index is -0.432. The summed E-state index contributed by atoms with van der Waals surface area (Å²) in [5.41, 5.74) is 7.84. The van der Waals surface area contributed by atoms with Crippen molar-refractivity contribution in [1.29, 1.82) is 0 Å². The van der Waals surface area contributed by atoms with E-state index in [-0.39, 0.29) is 0 Å². The van der Waals surface area contributed by atoms with Gasteiger partial charge in [-0.3, -0.25) is 9.69 Å². The number of rotatable bonds is 5. The predicted octanol–water partition coefficient (Wildman–Crippen LogP) is 2.08. The number of hydrogen-bond acceptors (Lipinski definition) is 4. The van der Waals surface area contributed by atoms with E-state index >= 15 is 0 Å². The molecule has 1 aromatic rings. The summed E-state index contributed by atoms with van der Waals surface area (Å²) < 4.78 is 0. The molecule has 0 spiro atoms. The molecule has 3 N–H and O–H groups in total. The van der Waals surface area contributed by atoms with Gasteiger partial charge in [0.2, 0.25) is 0 Å². The minimum Gasteiger partial charge on any atom is -0.368 e. The van der Waals surface area contributed by atoms with Crippen molar-refractivity contribution in [2.24, 2.45) is 5.73 Å². The lowest BCUT2D eigenvalue weighted by Crippen LogP contribution is -2.41. The Morgan fingerprint density at radius 3 is 2.67 bits per heavy atom. The summed E-state index contributed by atoms with van der Waals surface area (Å²) in [5.74, 6) is 0.174. The number of nitrogens with one attached hydrogen (secondary N) is 1. The number of nitrogens with two attached hydrogens (primary N) is 1. The highest BCUT2D eigenvalue weighted by Crippen LogP contribution is 2.18. The number of primary amides is 1. The molecule has 0 aliphatic carbocycles. The molecule has 2 rings (SSSR count). The molecule has 0 radical (unpaired) electrons. The first kappa shape index (κ1) is 15.8. The van der Waals surface area contributed by atoms with Gasteiger partial charge in [0.25, 0.3) is 5.91 Å². The predicted molar refractivity (Wildman–Crippen MR) is 85.6 cm³/mol. The van der Waals surface area contributed by atoms with Crippen LogP contribution in [0.25, 0.3) is 0 Å². The average Bonchev–Trinajstić information content (AvgIpc) is 2.48. The molecule has 0 bridgehead atoms. The first-order valence-corrected chi connectivity index (χ1v) is 7.75. The van der Waals surface area contributed by atoms with Gasteiger partial charge in [-0.2, -0.15) is 0 Å². The van der Waals surface area contributed by atoms with Gasteiger partial charge in [0.1, 0.15) is 5.82 Å². The van der Waals surface area contributed by atoms with Crippen molar-refractivity contribution in [3.63, 3.8) is 0 Å². The Morgan fingerprint density at radius 2 is 2.05 bits per heavy atom. The largest absolute Gasteiger partial charge is 0.368 e. The van der Waals surface area contributed by atoms with Gasteiger partial charge in [-0.05, 0) is 58.3 Å². The third kappa shape index (κ3) is 3.94. The van der Waals surface area contributed by atoms with Gasteiger partial charge in [-0.1, -0.05) is 6.42 Å². The number of amides is 1. The molecule has 1 aliphatic rings. The maximum absolute atomic E-state index is 11.6. The molecule has 1 atom stereocenters. The summed E-state index contributed by atoms with van der Waals surface area (Å²) in [6, 6.07) is 2.24. The standard InChI is InChI=1S/C16H26N4O/c1-11-9-14(15(17)21)16(19-13(11)3)18-10-12(2)20-7-5-4-6-8-20/h9,12H,4-8,10H2,1-3H3,(H2,17,21)(H,18,19). The third-order valence-electron chi connectivity index (χ3n) is 4.31. The lowest BCUT2D eigenvalue weighted by molar-refractivity contribution is 0.100. The molecule has 0 saturated carbocycles. The van der Waals surface area contributed by atoms with E-state index in [0.717, 1.165) is 30.9 Å². The van der Waals surface area contributed by atoms with Gasteiger partial charge in [-0.25, -0.2) is 4.98 Å². The number of carbonyl (C=O) groups is 1. The Labute approximate surface area is 126 Å². The van der Waals surface area contributed by atoms with E-state index in [1.165, 1.54) is 19.3 Å². The van der Waals surface area contributed by atoms with Crippen LogP contribution in [0.2, 0.25) is 0 Å². The van der Waals surface area contributed by atoms with Crippen molar-refractivity contribution >= 4 is 11.7 Å². The first-order valence-electron chi connectivity index (χ1n) is 7.75. The number of aromatic nitrogens is 1. The number of likely N-dealkylation sites (tertiary alicyclic amines) is 1. The Hall–Kier alpha value is -1.62. The fourth-order valence-corrected chi connectivity index (χ4v) is 2.76. The van der Waals surface area contributed by atoms with Crippen LogP contribution in [-0.4, -0.2) is 41.5 Å². The summed E-state index contributed by atoms with van der Waals surface area (Å²) in [7, 11) is 0. The number of aryl methyl sites for hydroxylation is 2. The van der Waals surface area contributed by atoms with E-state index < -0.39 is 5.91 Å². The summed E-state index contributed by atoms with van der Waals surface area (Å²) in [5, 5.41) is 3.31. The van der Waals surface area contributed by atoms with Crippen LogP contribution in [-0.2, 0) is 0 Å². The van der Waals surface area contributed by atoms with Crippen LogP contribution in [0.15, 0.2) is 6.07 Å². The molecule has 1 aromatic heterocycles. The van der Waals surface area contributed by atoms with Gasteiger partial charge in [0.05, 0.1) is 5.56 Å². The van der Waals surface area contributed by atoms with Crippen LogP contribution in [0.4, 0.5) is 5.82 Å². The monoisotopic (exact) mass is 290 g/mol. The second-order valence-electron chi connectivity index (χ2n) is 5.98. The zero-order chi connectivity index (χ0) is 15.4. The topological polar surface area (TPSA) is 71.2 Å². The number of carbonyl (C=O) groups excluding carboxylic acids is 1. The van der Waals surface area contributed by atoms with Crippen LogP contribution in [0, 0.1) is 13.8 Å². The second-order valence-corrected chi connectivity index (χ2v) is 5.98. The summed E-state index contributed by atoms with van der Waals surface area (Å²) in [4.78, 5) is 18.5. The molecule has 1 aliphatic heterocycles.